The number of alkyl halides is 1. The number of nitrogens with zero attached hydrogens (tertiary/aromatic N) is 1. The zero-order chi connectivity index (χ0) is 13.8. The Balaban J connectivity index is 2.66. The van der Waals surface area contributed by atoms with E-state index in [9.17, 15) is 4.39 Å². The van der Waals surface area contributed by atoms with E-state index in [0.29, 0.717) is 24.4 Å². The Morgan fingerprint density at radius 1 is 1.39 bits per heavy atom. The molecule has 1 rings (SSSR count). The lowest BCUT2D eigenvalue weighted by molar-refractivity contribution is 0.0560. The molecule has 0 amide bonds. The lowest BCUT2D eigenvalue weighted by atomic mass is 9.83. The van der Waals surface area contributed by atoms with Gasteiger partial charge in [0, 0.05) is 31.7 Å². The molecule has 0 aromatic rings. The molecule has 0 saturated carbocycles. The third-order valence-corrected chi connectivity index (χ3v) is 4.38. The van der Waals surface area contributed by atoms with Gasteiger partial charge in [0.2, 0.25) is 0 Å². The highest BCUT2D eigenvalue weighted by Crippen LogP contribution is 2.26. The van der Waals surface area contributed by atoms with Crippen molar-refractivity contribution in [3.05, 3.63) is 0 Å². The standard InChI is InChI=1S/C15H31FN2/c1-6-12(2)13-10-17-14(15(3,4)5)11-18(13)9-7-8-16/h12-14,17H,6-11H2,1-5H3. The summed E-state index contributed by atoms with van der Waals surface area (Å²) in [4.78, 5) is 2.51. The highest BCUT2D eigenvalue weighted by Gasteiger charge is 2.35. The van der Waals surface area contributed by atoms with E-state index in [1.165, 1.54) is 6.42 Å². The quantitative estimate of drug-likeness (QED) is 0.815. The van der Waals surface area contributed by atoms with Crippen molar-refractivity contribution in [3.63, 3.8) is 0 Å². The fourth-order valence-electron chi connectivity index (χ4n) is 2.76. The molecule has 0 radical (unpaired) electrons. The Morgan fingerprint density at radius 3 is 2.56 bits per heavy atom. The Hall–Kier alpha value is -0.150. The summed E-state index contributed by atoms with van der Waals surface area (Å²) in [5, 5.41) is 3.70. The average Bonchev–Trinajstić information content (AvgIpc) is 2.34. The largest absolute Gasteiger partial charge is 0.311 e. The minimum Gasteiger partial charge on any atom is -0.311 e. The number of nitrogens with one attached hydrogen (secondary N) is 1. The predicted molar refractivity (Wildman–Crippen MR) is 76.7 cm³/mol. The van der Waals surface area contributed by atoms with E-state index >= 15 is 0 Å². The van der Waals surface area contributed by atoms with Gasteiger partial charge in [0.15, 0.2) is 0 Å². The van der Waals surface area contributed by atoms with Crippen LogP contribution in [0.25, 0.3) is 0 Å². The van der Waals surface area contributed by atoms with Crippen LogP contribution in [0.15, 0.2) is 0 Å². The molecule has 1 heterocycles. The maximum Gasteiger partial charge on any atom is 0.0906 e. The van der Waals surface area contributed by atoms with E-state index < -0.39 is 0 Å². The monoisotopic (exact) mass is 258 g/mol. The summed E-state index contributed by atoms with van der Waals surface area (Å²) in [7, 11) is 0. The third kappa shape index (κ3) is 4.20. The maximum absolute atomic E-state index is 12.4. The molecule has 1 N–H and O–H groups in total. The fourth-order valence-corrected chi connectivity index (χ4v) is 2.76. The summed E-state index contributed by atoms with van der Waals surface area (Å²) in [6.45, 7) is 14.2. The van der Waals surface area contributed by atoms with Gasteiger partial charge in [0.1, 0.15) is 0 Å². The zero-order valence-corrected chi connectivity index (χ0v) is 12.8. The minimum atomic E-state index is -0.197. The van der Waals surface area contributed by atoms with Crippen molar-refractivity contribution in [2.45, 2.75) is 59.5 Å². The fraction of sp³-hybridized carbons (Fsp3) is 1.00. The second-order valence-electron chi connectivity index (χ2n) is 6.82. The van der Waals surface area contributed by atoms with E-state index in [-0.39, 0.29) is 12.1 Å². The van der Waals surface area contributed by atoms with Crippen LogP contribution < -0.4 is 5.32 Å². The molecule has 0 aliphatic carbocycles. The highest BCUT2D eigenvalue weighted by atomic mass is 19.1. The Morgan fingerprint density at radius 2 is 2.06 bits per heavy atom. The van der Waals surface area contributed by atoms with Gasteiger partial charge in [-0.3, -0.25) is 9.29 Å². The van der Waals surface area contributed by atoms with Gasteiger partial charge in [0.05, 0.1) is 6.67 Å². The van der Waals surface area contributed by atoms with Crippen molar-refractivity contribution in [2.24, 2.45) is 11.3 Å². The summed E-state index contributed by atoms with van der Waals surface area (Å²) in [5.74, 6) is 0.679. The van der Waals surface area contributed by atoms with E-state index in [2.05, 4.69) is 44.8 Å². The van der Waals surface area contributed by atoms with Gasteiger partial charge >= 0.3 is 0 Å². The number of hydrogen-bond acceptors (Lipinski definition) is 2. The molecule has 1 aliphatic heterocycles. The van der Waals surface area contributed by atoms with Crippen LogP contribution in [0, 0.1) is 11.3 Å². The molecule has 3 unspecified atom stereocenters. The van der Waals surface area contributed by atoms with Gasteiger partial charge < -0.3 is 5.32 Å². The van der Waals surface area contributed by atoms with Crippen molar-refractivity contribution in [1.82, 2.24) is 10.2 Å². The smallest absolute Gasteiger partial charge is 0.0906 e. The maximum atomic E-state index is 12.4. The van der Waals surface area contributed by atoms with Gasteiger partial charge in [-0.25, -0.2) is 0 Å². The van der Waals surface area contributed by atoms with Gasteiger partial charge in [-0.1, -0.05) is 41.0 Å². The van der Waals surface area contributed by atoms with Gasteiger partial charge in [0.25, 0.3) is 0 Å². The molecule has 2 nitrogen and oxygen atoms in total. The first kappa shape index (κ1) is 15.9. The van der Waals surface area contributed by atoms with Crippen molar-refractivity contribution in [2.75, 3.05) is 26.3 Å². The van der Waals surface area contributed by atoms with E-state index in [0.717, 1.165) is 19.6 Å². The molecule has 1 aliphatic rings. The number of halogens is 1. The van der Waals surface area contributed by atoms with Gasteiger partial charge in [-0.15, -0.1) is 0 Å². The summed E-state index contributed by atoms with van der Waals surface area (Å²) in [6.07, 6.45) is 1.86. The average molecular weight is 258 g/mol. The molecule has 0 aromatic heterocycles. The summed E-state index contributed by atoms with van der Waals surface area (Å²) in [5.41, 5.74) is 0.272. The molecule has 3 heteroatoms. The van der Waals surface area contributed by atoms with E-state index in [1.807, 2.05) is 0 Å². The molecule has 18 heavy (non-hydrogen) atoms. The number of rotatable bonds is 5. The number of piperazine rings is 1. The van der Waals surface area contributed by atoms with Crippen LogP contribution >= 0.6 is 0 Å². The van der Waals surface area contributed by atoms with Crippen LogP contribution in [0.5, 0.6) is 0 Å². The molecule has 108 valence electrons. The topological polar surface area (TPSA) is 15.3 Å². The van der Waals surface area contributed by atoms with Crippen LogP contribution in [-0.4, -0.2) is 43.3 Å². The first-order chi connectivity index (χ1) is 8.40. The molecule has 1 saturated heterocycles. The normalized spacial score (nSPS) is 28.3. The molecule has 0 bridgehead atoms. The molecular weight excluding hydrogens is 227 g/mol. The third-order valence-electron chi connectivity index (χ3n) is 4.38. The lowest BCUT2D eigenvalue weighted by Crippen LogP contribution is -2.61. The van der Waals surface area contributed by atoms with Gasteiger partial charge in [-0.05, 0) is 17.8 Å². The Bertz CT molecular complexity index is 237. The van der Waals surface area contributed by atoms with E-state index in [4.69, 9.17) is 0 Å². The Labute approximate surface area is 112 Å². The molecule has 1 fully saturated rings. The first-order valence-electron chi connectivity index (χ1n) is 7.43. The predicted octanol–water partition coefficient (Wildman–Crippen LogP) is 3.08. The van der Waals surface area contributed by atoms with Crippen molar-refractivity contribution in [1.29, 1.82) is 0 Å². The first-order valence-corrected chi connectivity index (χ1v) is 7.43. The SMILES string of the molecule is CCC(C)C1CNC(C(C)(C)C)CN1CCCF. The van der Waals surface area contributed by atoms with Crippen molar-refractivity contribution < 1.29 is 4.39 Å². The van der Waals surface area contributed by atoms with E-state index in [1.54, 1.807) is 0 Å². The second kappa shape index (κ2) is 6.85. The van der Waals surface area contributed by atoms with Crippen molar-refractivity contribution >= 4 is 0 Å². The zero-order valence-electron chi connectivity index (χ0n) is 12.8. The molecule has 0 aromatic carbocycles. The second-order valence-corrected chi connectivity index (χ2v) is 6.82. The van der Waals surface area contributed by atoms with Crippen LogP contribution in [0.2, 0.25) is 0 Å². The van der Waals surface area contributed by atoms with Crippen LogP contribution in [0.4, 0.5) is 4.39 Å². The van der Waals surface area contributed by atoms with Crippen molar-refractivity contribution in [3.8, 4) is 0 Å². The summed E-state index contributed by atoms with van der Waals surface area (Å²) >= 11 is 0. The van der Waals surface area contributed by atoms with Gasteiger partial charge in [-0.2, -0.15) is 0 Å². The molecule has 0 spiro atoms. The minimum absolute atomic E-state index is 0.197. The lowest BCUT2D eigenvalue weighted by Gasteiger charge is -2.47. The highest BCUT2D eigenvalue weighted by molar-refractivity contribution is 4.93. The van der Waals surface area contributed by atoms with Crippen LogP contribution in [0.3, 0.4) is 0 Å². The summed E-state index contributed by atoms with van der Waals surface area (Å²) < 4.78 is 12.4. The molecular formula is C15H31FN2. The number of hydrogen-bond donors (Lipinski definition) is 1. The van der Waals surface area contributed by atoms with Crippen LogP contribution in [-0.2, 0) is 0 Å². The molecule has 3 atom stereocenters. The van der Waals surface area contributed by atoms with Crippen LogP contribution in [0.1, 0.15) is 47.5 Å². The summed E-state index contributed by atoms with van der Waals surface area (Å²) in [6, 6.07) is 1.08. The Kier molecular flexibility index (Phi) is 6.06.